The predicted octanol–water partition coefficient (Wildman–Crippen LogP) is 5.61. The Morgan fingerprint density at radius 1 is 0.941 bits per heavy atom. The van der Waals surface area contributed by atoms with Gasteiger partial charge in [0.2, 0.25) is 0 Å². The lowest BCUT2D eigenvalue weighted by Gasteiger charge is -2.13. The summed E-state index contributed by atoms with van der Waals surface area (Å²) in [6.45, 7) is 6.13. The summed E-state index contributed by atoms with van der Waals surface area (Å²) < 4.78 is 10.9. The van der Waals surface area contributed by atoms with Crippen molar-refractivity contribution < 1.29 is 14.3 Å². The molecule has 0 aliphatic carbocycles. The monoisotopic (exact) mass is 453 g/mol. The second-order valence-electron chi connectivity index (χ2n) is 8.15. The quantitative estimate of drug-likeness (QED) is 0.304. The number of hydrogen-bond donors (Lipinski definition) is 1. The molecular formula is C28H27N3O3. The highest BCUT2D eigenvalue weighted by molar-refractivity contribution is 6.07. The maximum absolute atomic E-state index is 13.2. The van der Waals surface area contributed by atoms with Crippen LogP contribution in [0.3, 0.4) is 0 Å². The summed E-state index contributed by atoms with van der Waals surface area (Å²) >= 11 is 0. The number of carbonyl (C=O) groups is 1. The molecule has 172 valence electrons. The lowest BCUT2D eigenvalue weighted by atomic mass is 10.0. The zero-order valence-corrected chi connectivity index (χ0v) is 20.0. The molecule has 1 N–H and O–H groups in total. The van der Waals surface area contributed by atoms with Crippen LogP contribution in [-0.2, 0) is 0 Å². The fraction of sp³-hybridized carbons (Fsp3) is 0.179. The van der Waals surface area contributed by atoms with Crippen LogP contribution >= 0.6 is 0 Å². The number of hydrogen-bond acceptors (Lipinski definition) is 5. The van der Waals surface area contributed by atoms with Gasteiger partial charge in [0.25, 0.3) is 5.91 Å². The van der Waals surface area contributed by atoms with Crippen LogP contribution in [0.5, 0.6) is 11.5 Å². The lowest BCUT2D eigenvalue weighted by Crippen LogP contribution is -2.18. The number of benzene rings is 3. The summed E-state index contributed by atoms with van der Waals surface area (Å²) in [5.41, 5.74) is 9.60. The molecular weight excluding hydrogens is 426 g/mol. The molecule has 0 spiro atoms. The smallest absolute Gasteiger partial charge is 0.272 e. The van der Waals surface area contributed by atoms with E-state index in [2.05, 4.69) is 29.6 Å². The van der Waals surface area contributed by atoms with Gasteiger partial charge in [0, 0.05) is 16.5 Å². The van der Waals surface area contributed by atoms with Crippen molar-refractivity contribution in [1.82, 2.24) is 10.4 Å². The number of ether oxygens (including phenoxy) is 2. The predicted molar refractivity (Wildman–Crippen MR) is 136 cm³/mol. The summed E-state index contributed by atoms with van der Waals surface area (Å²) in [6, 6.07) is 19.0. The zero-order valence-electron chi connectivity index (χ0n) is 20.0. The number of methoxy groups -OCH3 is 2. The van der Waals surface area contributed by atoms with Gasteiger partial charge in [-0.25, -0.2) is 10.4 Å². The number of aryl methyl sites for hydroxylation is 3. The third kappa shape index (κ3) is 4.62. The van der Waals surface area contributed by atoms with Gasteiger partial charge < -0.3 is 9.47 Å². The molecule has 4 rings (SSSR count). The Labute approximate surface area is 199 Å². The molecule has 0 unspecified atom stereocenters. The Kier molecular flexibility index (Phi) is 6.59. The van der Waals surface area contributed by atoms with E-state index in [1.807, 2.05) is 56.3 Å². The lowest BCUT2D eigenvalue weighted by molar-refractivity contribution is 0.0956. The maximum Gasteiger partial charge on any atom is 0.272 e. The van der Waals surface area contributed by atoms with Crippen LogP contribution < -0.4 is 14.9 Å². The number of nitrogens with one attached hydrogen (secondary N) is 1. The molecule has 0 aliphatic rings. The molecule has 0 aliphatic heterocycles. The highest BCUT2D eigenvalue weighted by atomic mass is 16.5. The van der Waals surface area contributed by atoms with E-state index in [4.69, 9.17) is 14.5 Å². The topological polar surface area (TPSA) is 72.8 Å². The number of fused-ring (bicyclic) bond motifs is 1. The van der Waals surface area contributed by atoms with Gasteiger partial charge in [-0.15, -0.1) is 0 Å². The van der Waals surface area contributed by atoms with Gasteiger partial charge in [-0.3, -0.25) is 4.79 Å². The van der Waals surface area contributed by atoms with Crippen molar-refractivity contribution in [2.45, 2.75) is 20.8 Å². The number of aromatic nitrogens is 1. The number of rotatable bonds is 6. The Bertz CT molecular complexity index is 1390. The van der Waals surface area contributed by atoms with Gasteiger partial charge in [0.15, 0.2) is 0 Å². The first-order chi connectivity index (χ1) is 16.4. The first-order valence-electron chi connectivity index (χ1n) is 10.9. The maximum atomic E-state index is 13.2. The molecule has 0 bridgehead atoms. The molecule has 34 heavy (non-hydrogen) atoms. The van der Waals surface area contributed by atoms with E-state index in [0.29, 0.717) is 28.3 Å². The Morgan fingerprint density at radius 2 is 1.68 bits per heavy atom. The number of amides is 1. The number of para-hydroxylation sites is 1. The molecule has 0 saturated carbocycles. The summed E-state index contributed by atoms with van der Waals surface area (Å²) in [5.74, 6) is 0.990. The summed E-state index contributed by atoms with van der Waals surface area (Å²) in [7, 11) is 3.21. The minimum absolute atomic E-state index is 0.319. The minimum atomic E-state index is -0.319. The molecule has 0 atom stereocenters. The SMILES string of the molecule is COc1ccc(OC)c(-c2cc(C(=O)N/N=C\c3c(C)cc(C)cc3C)c3ccccc3n2)c1. The molecule has 0 radical (unpaired) electrons. The fourth-order valence-electron chi connectivity index (χ4n) is 4.13. The Balaban J connectivity index is 1.74. The van der Waals surface area contributed by atoms with Crippen molar-refractivity contribution in [2.24, 2.45) is 5.10 Å². The van der Waals surface area contributed by atoms with Crippen molar-refractivity contribution in [2.75, 3.05) is 14.2 Å². The fourth-order valence-corrected chi connectivity index (χ4v) is 4.13. The van der Waals surface area contributed by atoms with E-state index in [-0.39, 0.29) is 5.91 Å². The number of carbonyl (C=O) groups excluding carboxylic acids is 1. The summed E-state index contributed by atoms with van der Waals surface area (Å²) in [6.07, 6.45) is 1.69. The van der Waals surface area contributed by atoms with Gasteiger partial charge >= 0.3 is 0 Å². The second-order valence-corrected chi connectivity index (χ2v) is 8.15. The van der Waals surface area contributed by atoms with E-state index in [1.54, 1.807) is 26.5 Å². The summed E-state index contributed by atoms with van der Waals surface area (Å²) in [5, 5.41) is 4.99. The third-order valence-corrected chi connectivity index (χ3v) is 5.74. The molecule has 0 fully saturated rings. The van der Waals surface area contributed by atoms with Crippen LogP contribution in [0.2, 0.25) is 0 Å². The number of hydrazone groups is 1. The van der Waals surface area contributed by atoms with Crippen molar-refractivity contribution >= 4 is 23.0 Å². The van der Waals surface area contributed by atoms with E-state index >= 15 is 0 Å². The van der Waals surface area contributed by atoms with Gasteiger partial charge in [0.1, 0.15) is 11.5 Å². The van der Waals surface area contributed by atoms with Crippen molar-refractivity contribution in [3.8, 4) is 22.8 Å². The van der Waals surface area contributed by atoms with Gasteiger partial charge in [0.05, 0.1) is 37.2 Å². The number of nitrogens with zero attached hydrogens (tertiary/aromatic N) is 2. The molecule has 6 nitrogen and oxygen atoms in total. The molecule has 1 aromatic heterocycles. The van der Waals surface area contributed by atoms with Gasteiger partial charge in [-0.2, -0.15) is 5.10 Å². The highest BCUT2D eigenvalue weighted by Crippen LogP contribution is 2.34. The molecule has 1 heterocycles. The second kappa shape index (κ2) is 9.75. The summed E-state index contributed by atoms with van der Waals surface area (Å²) in [4.78, 5) is 18.0. The van der Waals surface area contributed by atoms with E-state index in [9.17, 15) is 4.79 Å². The number of pyridine rings is 1. The van der Waals surface area contributed by atoms with E-state index < -0.39 is 0 Å². The van der Waals surface area contributed by atoms with E-state index in [0.717, 1.165) is 27.6 Å². The molecule has 0 saturated heterocycles. The third-order valence-electron chi connectivity index (χ3n) is 5.74. The van der Waals surface area contributed by atoms with Crippen LogP contribution in [0.4, 0.5) is 0 Å². The van der Waals surface area contributed by atoms with Crippen molar-refractivity contribution in [1.29, 1.82) is 0 Å². The molecule has 4 aromatic rings. The van der Waals surface area contributed by atoms with Crippen LogP contribution in [0.25, 0.3) is 22.2 Å². The van der Waals surface area contributed by atoms with Crippen LogP contribution in [0.1, 0.15) is 32.6 Å². The van der Waals surface area contributed by atoms with Crippen molar-refractivity contribution in [3.63, 3.8) is 0 Å². The average molecular weight is 454 g/mol. The Morgan fingerprint density at radius 3 is 2.38 bits per heavy atom. The largest absolute Gasteiger partial charge is 0.497 e. The molecule has 6 heteroatoms. The molecule has 1 amide bonds. The minimum Gasteiger partial charge on any atom is -0.497 e. The zero-order chi connectivity index (χ0) is 24.2. The van der Waals surface area contributed by atoms with E-state index in [1.165, 1.54) is 5.56 Å². The molecule has 3 aromatic carbocycles. The standard InChI is InChI=1S/C28H27N3O3/c1-17-12-18(2)24(19(3)13-17)16-29-31-28(32)22-15-26(30-25-9-7-6-8-21(22)25)23-14-20(33-4)10-11-27(23)34-5/h6-16H,1-5H3,(H,31,32)/b29-16-. The Hall–Kier alpha value is -4.19. The highest BCUT2D eigenvalue weighted by Gasteiger charge is 2.16. The van der Waals surface area contributed by atoms with Crippen LogP contribution in [0.15, 0.2) is 65.8 Å². The van der Waals surface area contributed by atoms with Gasteiger partial charge in [-0.05, 0) is 62.2 Å². The van der Waals surface area contributed by atoms with Crippen molar-refractivity contribution in [3.05, 3.63) is 88.5 Å². The first-order valence-corrected chi connectivity index (χ1v) is 10.9. The first kappa shape index (κ1) is 23.0. The van der Waals surface area contributed by atoms with Crippen LogP contribution in [0, 0.1) is 20.8 Å². The normalized spacial score (nSPS) is 11.1. The average Bonchev–Trinajstić information content (AvgIpc) is 2.84. The van der Waals surface area contributed by atoms with Gasteiger partial charge in [-0.1, -0.05) is 35.9 Å². The van der Waals surface area contributed by atoms with Crippen LogP contribution in [-0.4, -0.2) is 31.3 Å².